The molecule has 0 amide bonds. The third kappa shape index (κ3) is 14.5. The molecule has 3 heterocycles. The molecule has 0 unspecified atom stereocenters. The Morgan fingerprint density at radius 3 is 2.15 bits per heavy atom. The fourth-order valence-corrected chi connectivity index (χ4v) is 8.49. The normalized spacial score (nSPS) is 14.0. The Hall–Kier alpha value is -2.63. The Balaban J connectivity index is 0.00000627. The molecule has 0 bridgehead atoms. The van der Waals surface area contributed by atoms with Crippen LogP contribution < -0.4 is 39.2 Å². The molecule has 1 aliphatic heterocycles. The lowest BCUT2D eigenvalue weighted by atomic mass is 10.0. The van der Waals surface area contributed by atoms with Crippen molar-refractivity contribution in [1.82, 2.24) is 4.98 Å². The Morgan fingerprint density at radius 1 is 0.792 bits per heavy atom. The standard InChI is InChI=1S/C44H63N3O4S.HI/c1-2-3-4-5-6-7-8-9-10-11-12-13-14-15-16-22-44(49)51-36-47(31-28-46(29-32-47)41-20-19-21-42-39(41)27-34-52-42)30-17-18-33-50-38-25-23-37-24-26-43(48)45-40(37)35-38;/h19-21,23-27,34-35H,2-18,22,28-33,36H2,1H3;1H. The number of fused-ring (bicyclic) bond motifs is 2. The average molecular weight is 858 g/mol. The van der Waals surface area contributed by atoms with E-state index in [1.165, 1.54) is 99.2 Å². The van der Waals surface area contributed by atoms with Crippen LogP contribution in [0.3, 0.4) is 0 Å². The number of carbonyl (C=O) groups is 1. The second kappa shape index (κ2) is 24.0. The first kappa shape index (κ1) is 43.1. The van der Waals surface area contributed by atoms with Gasteiger partial charge in [-0.15, -0.1) is 11.3 Å². The van der Waals surface area contributed by atoms with Crippen molar-refractivity contribution in [3.8, 4) is 5.75 Å². The van der Waals surface area contributed by atoms with Gasteiger partial charge in [0, 0.05) is 34.3 Å². The smallest absolute Gasteiger partial charge is 0.310 e. The maximum absolute atomic E-state index is 12.9. The molecule has 0 atom stereocenters. The Labute approximate surface area is 339 Å². The number of aromatic nitrogens is 1. The zero-order chi connectivity index (χ0) is 36.3. The number of H-pyrrole nitrogens is 1. The number of nitrogens with one attached hydrogen (secondary N) is 1. The SMILES string of the molecule is CCCCCCCCCCCCCCCCCC(=O)OC[N+]1(CCCCOc2ccc3ccc(=O)[nH]c3c2)CCN(c2cccc3sccc23)CC1.[I-]. The highest BCUT2D eigenvalue weighted by atomic mass is 127. The van der Waals surface area contributed by atoms with Crippen LogP contribution in [0.15, 0.2) is 64.8 Å². The molecule has 1 aliphatic rings. The number of halogens is 1. The van der Waals surface area contributed by atoms with Gasteiger partial charge in [-0.2, -0.15) is 0 Å². The Morgan fingerprint density at radius 2 is 1.45 bits per heavy atom. The summed E-state index contributed by atoms with van der Waals surface area (Å²) in [5.41, 5.74) is 1.99. The molecule has 4 aromatic rings. The van der Waals surface area contributed by atoms with Crippen LogP contribution in [-0.2, 0) is 9.53 Å². The van der Waals surface area contributed by atoms with Gasteiger partial charge in [0.15, 0.2) is 0 Å². The van der Waals surface area contributed by atoms with Crippen molar-refractivity contribution in [2.45, 2.75) is 122 Å². The number of thiophene rings is 1. The van der Waals surface area contributed by atoms with E-state index in [2.05, 4.69) is 46.5 Å². The summed E-state index contributed by atoms with van der Waals surface area (Å²) >= 11 is 1.79. The van der Waals surface area contributed by atoms with Crippen LogP contribution in [0, 0.1) is 0 Å². The predicted molar refractivity (Wildman–Crippen MR) is 219 cm³/mol. The number of nitrogens with zero attached hydrogens (tertiary/aromatic N) is 2. The van der Waals surface area contributed by atoms with Crippen LogP contribution in [-0.4, -0.2) is 61.5 Å². The van der Waals surface area contributed by atoms with Crippen molar-refractivity contribution < 1.29 is 42.7 Å². The number of hydrogen-bond donors (Lipinski definition) is 1. The second-order valence-corrected chi connectivity index (χ2v) is 16.0. The maximum atomic E-state index is 12.9. The minimum absolute atomic E-state index is 0. The van der Waals surface area contributed by atoms with Crippen molar-refractivity contribution in [2.75, 3.05) is 51.0 Å². The van der Waals surface area contributed by atoms with Crippen molar-refractivity contribution in [3.63, 3.8) is 0 Å². The van der Waals surface area contributed by atoms with Gasteiger partial charge in [-0.25, -0.2) is 0 Å². The molecule has 292 valence electrons. The van der Waals surface area contributed by atoms with Crippen molar-refractivity contribution in [2.24, 2.45) is 0 Å². The van der Waals surface area contributed by atoms with E-state index in [4.69, 9.17) is 9.47 Å². The molecule has 1 fully saturated rings. The first-order valence-corrected chi connectivity index (χ1v) is 21.4. The van der Waals surface area contributed by atoms with Crippen LogP contribution in [0.4, 0.5) is 5.69 Å². The van der Waals surface area contributed by atoms with Gasteiger partial charge in [-0.3, -0.25) is 14.1 Å². The third-order valence-electron chi connectivity index (χ3n) is 11.0. The molecular weight excluding hydrogens is 793 g/mol. The number of unbranched alkanes of at least 4 members (excludes halogenated alkanes) is 15. The molecule has 2 aromatic carbocycles. The van der Waals surface area contributed by atoms with Gasteiger partial charge in [-0.05, 0) is 66.4 Å². The molecule has 7 nitrogen and oxygen atoms in total. The number of aromatic amines is 1. The molecule has 1 saturated heterocycles. The van der Waals surface area contributed by atoms with Crippen molar-refractivity contribution in [3.05, 3.63) is 70.3 Å². The number of anilines is 1. The highest BCUT2D eigenvalue weighted by Crippen LogP contribution is 2.32. The van der Waals surface area contributed by atoms with Crippen LogP contribution in [0.5, 0.6) is 5.75 Å². The summed E-state index contributed by atoms with van der Waals surface area (Å²) in [4.78, 5) is 30.1. The summed E-state index contributed by atoms with van der Waals surface area (Å²) in [5.74, 6) is 0.720. The highest BCUT2D eigenvalue weighted by molar-refractivity contribution is 7.17. The molecule has 1 N–H and O–H groups in total. The van der Waals surface area contributed by atoms with E-state index in [-0.39, 0.29) is 35.5 Å². The summed E-state index contributed by atoms with van der Waals surface area (Å²) in [5, 5.41) is 4.50. The van der Waals surface area contributed by atoms with E-state index in [0.29, 0.717) is 19.8 Å². The van der Waals surface area contributed by atoms with Crippen LogP contribution in [0.2, 0.25) is 0 Å². The monoisotopic (exact) mass is 857 g/mol. The summed E-state index contributed by atoms with van der Waals surface area (Å²) in [6.07, 6.45) is 22.2. The molecule has 9 heteroatoms. The molecule has 0 saturated carbocycles. The minimum atomic E-state index is -0.110. The number of piperazine rings is 1. The molecule has 0 spiro atoms. The molecule has 2 aromatic heterocycles. The quantitative estimate of drug-likeness (QED) is 0.0317. The van der Waals surface area contributed by atoms with Crippen LogP contribution in [0.25, 0.3) is 21.0 Å². The van der Waals surface area contributed by atoms with Gasteiger partial charge in [0.2, 0.25) is 12.3 Å². The van der Waals surface area contributed by atoms with E-state index >= 15 is 0 Å². The number of carbonyl (C=O) groups excluding carboxylic acids is 1. The Bertz CT molecular complexity index is 1680. The minimum Gasteiger partial charge on any atom is -1.00 e. The third-order valence-corrected chi connectivity index (χ3v) is 11.9. The fraction of sp³-hybridized carbons (Fsp3) is 0.591. The van der Waals surface area contributed by atoms with Crippen molar-refractivity contribution in [1.29, 1.82) is 0 Å². The lowest BCUT2D eigenvalue weighted by Crippen LogP contribution is -3.00. The summed E-state index contributed by atoms with van der Waals surface area (Å²) in [6.45, 7) is 8.08. The lowest BCUT2D eigenvalue weighted by molar-refractivity contribution is -0.944. The van der Waals surface area contributed by atoms with Gasteiger partial charge < -0.3 is 43.3 Å². The number of pyridine rings is 1. The molecular formula is C44H64IN3O4S. The summed E-state index contributed by atoms with van der Waals surface area (Å²) < 4.78 is 14.2. The zero-order valence-corrected chi connectivity index (χ0v) is 35.2. The summed E-state index contributed by atoms with van der Waals surface area (Å²) in [7, 11) is 0. The number of rotatable bonds is 25. The predicted octanol–water partition coefficient (Wildman–Crippen LogP) is 8.01. The largest absolute Gasteiger partial charge is 1.00 e. The van der Waals surface area contributed by atoms with Gasteiger partial charge in [0.1, 0.15) is 5.75 Å². The number of benzene rings is 2. The van der Waals surface area contributed by atoms with Gasteiger partial charge in [-0.1, -0.05) is 103 Å². The first-order chi connectivity index (χ1) is 25.5. The van der Waals surface area contributed by atoms with Crippen molar-refractivity contribution >= 4 is 44.0 Å². The molecule has 0 radical (unpaired) electrons. The van der Waals surface area contributed by atoms with E-state index in [0.717, 1.165) is 79.5 Å². The highest BCUT2D eigenvalue weighted by Gasteiger charge is 2.34. The fourth-order valence-electron chi connectivity index (χ4n) is 7.68. The Kier molecular flexibility index (Phi) is 19.5. The topological polar surface area (TPSA) is 71.6 Å². The lowest BCUT2D eigenvalue weighted by Gasteiger charge is -2.45. The van der Waals surface area contributed by atoms with E-state index in [9.17, 15) is 9.59 Å². The second-order valence-electron chi connectivity index (χ2n) is 15.1. The number of ether oxygens (including phenoxy) is 2. The van der Waals surface area contributed by atoms with Gasteiger partial charge in [0.25, 0.3) is 0 Å². The van der Waals surface area contributed by atoms with Crippen LogP contribution in [0.1, 0.15) is 122 Å². The van der Waals surface area contributed by atoms with Gasteiger partial charge in [0.05, 0.1) is 44.8 Å². The van der Waals surface area contributed by atoms with E-state index in [1.54, 1.807) is 17.4 Å². The van der Waals surface area contributed by atoms with Gasteiger partial charge >= 0.3 is 5.97 Å². The van der Waals surface area contributed by atoms with E-state index < -0.39 is 0 Å². The molecule has 0 aliphatic carbocycles. The van der Waals surface area contributed by atoms with Crippen LogP contribution >= 0.6 is 11.3 Å². The number of hydrogen-bond acceptors (Lipinski definition) is 6. The summed E-state index contributed by atoms with van der Waals surface area (Å²) in [6, 6.07) is 18.0. The first-order valence-electron chi connectivity index (χ1n) is 20.5. The number of quaternary nitrogens is 1. The van der Waals surface area contributed by atoms with E-state index in [1.807, 2.05) is 24.3 Å². The maximum Gasteiger partial charge on any atom is 0.310 e. The average Bonchev–Trinajstić information content (AvgIpc) is 3.65. The molecule has 5 rings (SSSR count). The molecule has 53 heavy (non-hydrogen) atoms. The number of esters is 1. The zero-order valence-electron chi connectivity index (χ0n) is 32.3.